The second kappa shape index (κ2) is 21.5. The molecule has 0 atom stereocenters. The highest BCUT2D eigenvalue weighted by Crippen LogP contribution is 2.13. The maximum atomic E-state index is 9.19. The second-order valence-corrected chi connectivity index (χ2v) is 9.25. The first-order valence-corrected chi connectivity index (χ1v) is 13.0. The van der Waals surface area contributed by atoms with Crippen LogP contribution in [0.4, 0.5) is 0 Å². The summed E-state index contributed by atoms with van der Waals surface area (Å²) >= 11 is 0. The summed E-state index contributed by atoms with van der Waals surface area (Å²) in [6.07, 6.45) is 21.0. The third-order valence-electron chi connectivity index (χ3n) is 4.93. The summed E-state index contributed by atoms with van der Waals surface area (Å²) in [4.78, 5) is 2.56. The summed E-state index contributed by atoms with van der Waals surface area (Å²) in [7, 11) is -3.67. The van der Waals surface area contributed by atoms with Gasteiger partial charge in [-0.15, -0.1) is 0 Å². The van der Waals surface area contributed by atoms with Crippen LogP contribution in [0, 0.1) is 0 Å². The lowest BCUT2D eigenvalue weighted by atomic mass is 10.0. The van der Waals surface area contributed by atoms with Crippen molar-refractivity contribution in [3.05, 3.63) is 0 Å². The molecule has 7 heteroatoms. The molecule has 0 aliphatic carbocycles. The van der Waals surface area contributed by atoms with E-state index in [-0.39, 0.29) is 6.15 Å². The molecule has 1 fully saturated rings. The molecule has 0 spiro atoms. The lowest BCUT2D eigenvalue weighted by molar-refractivity contribution is 0.0371. The Morgan fingerprint density at radius 3 is 1.43 bits per heavy atom. The minimum Gasteiger partial charge on any atom is -0.379 e. The number of hydrogen-bond acceptors (Lipinski definition) is 5. The predicted octanol–water partition coefficient (Wildman–Crippen LogP) is 5.47. The Morgan fingerprint density at radius 1 is 0.750 bits per heavy atom. The van der Waals surface area contributed by atoms with Crippen molar-refractivity contribution in [3.8, 4) is 0 Å². The highest BCUT2D eigenvalue weighted by Gasteiger charge is 2.08. The number of hydrogen-bond donors (Lipinski definition) is 2. The van der Waals surface area contributed by atoms with Crippen molar-refractivity contribution in [3.63, 3.8) is 0 Å². The molecule has 1 rings (SSSR count). The van der Waals surface area contributed by atoms with E-state index in [1.165, 1.54) is 96.4 Å². The molecule has 1 heterocycles. The predicted molar refractivity (Wildman–Crippen MR) is 120 cm³/mol. The van der Waals surface area contributed by atoms with Crippen molar-refractivity contribution in [1.29, 1.82) is 0 Å². The molecule has 0 bridgehead atoms. The SMILES string of the molecule is CCCCCCCCCCCCCCCCN1CCOCC1.CS(=O)(=O)O.N. The van der Waals surface area contributed by atoms with Crippen molar-refractivity contribution in [2.75, 3.05) is 39.1 Å². The molecule has 1 aliphatic rings. The van der Waals surface area contributed by atoms with Gasteiger partial charge in [-0.25, -0.2) is 0 Å². The zero-order valence-electron chi connectivity index (χ0n) is 18.7. The highest BCUT2D eigenvalue weighted by molar-refractivity contribution is 7.85. The fraction of sp³-hybridized carbons (Fsp3) is 1.00. The van der Waals surface area contributed by atoms with Gasteiger partial charge in [-0.3, -0.25) is 9.45 Å². The number of nitrogens with zero attached hydrogens (tertiary/aromatic N) is 1. The summed E-state index contributed by atoms with van der Waals surface area (Å²) in [6.45, 7) is 7.78. The van der Waals surface area contributed by atoms with E-state index in [0.29, 0.717) is 6.26 Å². The molecule has 0 saturated carbocycles. The van der Waals surface area contributed by atoms with Crippen LogP contribution in [0.1, 0.15) is 96.8 Å². The van der Waals surface area contributed by atoms with Crippen LogP contribution in [0.3, 0.4) is 0 Å². The molecule has 4 N–H and O–H groups in total. The zero-order chi connectivity index (χ0) is 20.2. The maximum Gasteiger partial charge on any atom is 0.261 e. The average molecular weight is 425 g/mol. The Balaban J connectivity index is 0. The molecule has 28 heavy (non-hydrogen) atoms. The van der Waals surface area contributed by atoms with E-state index >= 15 is 0 Å². The maximum absolute atomic E-state index is 9.19. The van der Waals surface area contributed by atoms with E-state index in [9.17, 15) is 8.42 Å². The van der Waals surface area contributed by atoms with Gasteiger partial charge < -0.3 is 10.9 Å². The van der Waals surface area contributed by atoms with Crippen molar-refractivity contribution in [2.45, 2.75) is 96.8 Å². The molecule has 0 aromatic rings. The number of morpholine rings is 1. The average Bonchev–Trinajstić information content (AvgIpc) is 2.61. The molecule has 0 radical (unpaired) electrons. The summed E-state index contributed by atoms with van der Waals surface area (Å²) in [5.41, 5.74) is 0. The van der Waals surface area contributed by atoms with Gasteiger partial charge in [-0.1, -0.05) is 90.4 Å². The monoisotopic (exact) mass is 424 g/mol. The quantitative estimate of drug-likeness (QED) is 0.267. The van der Waals surface area contributed by atoms with Crippen molar-refractivity contribution in [1.82, 2.24) is 11.1 Å². The standard InChI is InChI=1S/C20H41NO.CH4O3S.H3N/c1-2-3-4-5-6-7-8-9-10-11-12-13-14-15-16-21-17-19-22-20-18-21;1-5(2,3)4;/h2-20H2,1H3;1H3,(H,2,3,4);1H3. The molecule has 172 valence electrons. The van der Waals surface area contributed by atoms with Crippen LogP contribution in [0.5, 0.6) is 0 Å². The molecule has 0 aromatic heterocycles. The van der Waals surface area contributed by atoms with Crippen LogP contribution in [-0.4, -0.2) is 57.0 Å². The van der Waals surface area contributed by atoms with Crippen molar-refractivity contribution < 1.29 is 17.7 Å². The van der Waals surface area contributed by atoms with Crippen molar-refractivity contribution in [2.24, 2.45) is 0 Å². The van der Waals surface area contributed by atoms with E-state index < -0.39 is 10.1 Å². The van der Waals surface area contributed by atoms with Gasteiger partial charge in [-0.2, -0.15) is 8.42 Å². The summed E-state index contributed by atoms with van der Waals surface area (Å²) < 4.78 is 31.3. The van der Waals surface area contributed by atoms with E-state index in [4.69, 9.17) is 9.29 Å². The van der Waals surface area contributed by atoms with Gasteiger partial charge in [0.25, 0.3) is 10.1 Å². The molecule has 6 nitrogen and oxygen atoms in total. The van der Waals surface area contributed by atoms with Crippen LogP contribution < -0.4 is 6.15 Å². The minimum absolute atomic E-state index is 0. The number of unbranched alkanes of at least 4 members (excludes halogenated alkanes) is 13. The highest BCUT2D eigenvalue weighted by atomic mass is 32.2. The fourth-order valence-electron chi connectivity index (χ4n) is 3.35. The van der Waals surface area contributed by atoms with Crippen molar-refractivity contribution >= 4 is 10.1 Å². The summed E-state index contributed by atoms with van der Waals surface area (Å²) in [5, 5.41) is 0. The molecule has 0 aromatic carbocycles. The molecular formula is C21H48N2O4S. The lowest BCUT2D eigenvalue weighted by Gasteiger charge is -2.26. The molecule has 0 unspecified atom stereocenters. The van der Waals surface area contributed by atoms with Crippen LogP contribution >= 0.6 is 0 Å². The van der Waals surface area contributed by atoms with E-state index in [1.54, 1.807) is 0 Å². The molecule has 1 saturated heterocycles. The number of ether oxygens (including phenoxy) is 1. The Labute approximate surface area is 175 Å². The zero-order valence-corrected chi connectivity index (χ0v) is 19.5. The first kappa shape index (κ1) is 30.0. The topological polar surface area (TPSA) is 102 Å². The lowest BCUT2D eigenvalue weighted by Crippen LogP contribution is -2.36. The Hall–Kier alpha value is -0.210. The Bertz CT molecular complexity index is 391. The fourth-order valence-corrected chi connectivity index (χ4v) is 3.35. The van der Waals surface area contributed by atoms with E-state index in [2.05, 4.69) is 11.8 Å². The number of rotatable bonds is 15. The van der Waals surface area contributed by atoms with Gasteiger partial charge in [-0.05, 0) is 13.0 Å². The van der Waals surface area contributed by atoms with Crippen LogP contribution in [0.15, 0.2) is 0 Å². The van der Waals surface area contributed by atoms with Gasteiger partial charge in [0.1, 0.15) is 0 Å². The normalized spacial score (nSPS) is 14.8. The molecular weight excluding hydrogens is 376 g/mol. The van der Waals surface area contributed by atoms with Gasteiger partial charge in [0.15, 0.2) is 0 Å². The second-order valence-electron chi connectivity index (χ2n) is 7.78. The van der Waals surface area contributed by atoms with Crippen LogP contribution in [0.2, 0.25) is 0 Å². The van der Waals surface area contributed by atoms with Crippen LogP contribution in [0.25, 0.3) is 0 Å². The van der Waals surface area contributed by atoms with Gasteiger partial charge in [0, 0.05) is 13.1 Å². The van der Waals surface area contributed by atoms with Gasteiger partial charge in [0.05, 0.1) is 19.5 Å². The Morgan fingerprint density at radius 2 is 1.07 bits per heavy atom. The van der Waals surface area contributed by atoms with E-state index in [1.807, 2.05) is 0 Å². The first-order chi connectivity index (χ1) is 12.9. The largest absolute Gasteiger partial charge is 0.379 e. The summed E-state index contributed by atoms with van der Waals surface area (Å²) in [6, 6.07) is 0. The third-order valence-corrected chi connectivity index (χ3v) is 4.93. The van der Waals surface area contributed by atoms with Gasteiger partial charge in [0.2, 0.25) is 0 Å². The molecule has 1 aliphatic heterocycles. The molecule has 0 amide bonds. The smallest absolute Gasteiger partial charge is 0.261 e. The Kier molecular flexibility index (Phi) is 23.0. The van der Waals surface area contributed by atoms with Gasteiger partial charge >= 0.3 is 0 Å². The third kappa shape index (κ3) is 28.0. The minimum atomic E-state index is -3.67. The summed E-state index contributed by atoms with van der Waals surface area (Å²) in [5.74, 6) is 0. The first-order valence-electron chi connectivity index (χ1n) is 11.2. The van der Waals surface area contributed by atoms with Crippen LogP contribution in [-0.2, 0) is 14.9 Å². The van der Waals surface area contributed by atoms with E-state index in [0.717, 1.165) is 26.3 Å².